The molecule has 1 aromatic heterocycles. The molecular weight excluding hydrogens is 298 g/mol. The highest BCUT2D eigenvalue weighted by atomic mass is 32.2. The Morgan fingerprint density at radius 2 is 1.82 bits per heavy atom. The predicted molar refractivity (Wildman–Crippen MR) is 87.4 cm³/mol. The molecule has 0 aliphatic heterocycles. The Labute approximate surface area is 132 Å². The minimum Gasteiger partial charge on any atom is -0.287 e. The number of benzene rings is 1. The first-order chi connectivity index (χ1) is 10.7. The maximum absolute atomic E-state index is 11.9. The number of carbonyl (C=O) groups excluding carboxylic acids is 2. The normalized spacial score (nSPS) is 10.6. The molecular formula is C16H15N3O2S. The molecule has 1 amide bonds. The first-order valence-corrected chi connectivity index (χ1v) is 7.70. The smallest absolute Gasteiger partial charge is 0.271 e. The van der Waals surface area contributed by atoms with Crippen molar-refractivity contribution in [3.8, 4) is 0 Å². The van der Waals surface area contributed by atoms with E-state index in [0.29, 0.717) is 11.1 Å². The Kier molecular flexibility index (Phi) is 5.85. The van der Waals surface area contributed by atoms with Gasteiger partial charge in [-0.25, -0.2) is 5.43 Å². The Balaban J connectivity index is 1.92. The zero-order valence-corrected chi connectivity index (χ0v) is 12.8. The van der Waals surface area contributed by atoms with Crippen LogP contribution in [-0.2, 0) is 0 Å². The number of thioether (sulfide) groups is 1. The summed E-state index contributed by atoms with van der Waals surface area (Å²) in [5.41, 5.74) is 3.27. The lowest BCUT2D eigenvalue weighted by atomic mass is 10.1. The zero-order valence-electron chi connectivity index (χ0n) is 12.0. The largest absolute Gasteiger partial charge is 0.287 e. The molecule has 0 unspecified atom stereocenters. The fraction of sp³-hybridized carbons (Fsp3) is 0.125. The summed E-state index contributed by atoms with van der Waals surface area (Å²) in [6.45, 7) is 2.07. The van der Waals surface area contributed by atoms with Crippen molar-refractivity contribution in [3.63, 3.8) is 0 Å². The number of nitrogens with one attached hydrogen (secondary N) is 1. The van der Waals surface area contributed by atoms with E-state index in [-0.39, 0.29) is 11.7 Å². The van der Waals surface area contributed by atoms with Gasteiger partial charge >= 0.3 is 0 Å². The highest BCUT2D eigenvalue weighted by Gasteiger charge is 2.05. The van der Waals surface area contributed by atoms with Crippen LogP contribution in [0.5, 0.6) is 0 Å². The Morgan fingerprint density at radius 3 is 2.45 bits per heavy atom. The van der Waals surface area contributed by atoms with Gasteiger partial charge in [0.2, 0.25) is 5.78 Å². The number of hydrogen-bond acceptors (Lipinski definition) is 5. The number of hydrazone groups is 1. The van der Waals surface area contributed by atoms with Gasteiger partial charge in [-0.05, 0) is 42.2 Å². The highest BCUT2D eigenvalue weighted by Crippen LogP contribution is 2.17. The monoisotopic (exact) mass is 313 g/mol. The summed E-state index contributed by atoms with van der Waals surface area (Å²) in [6, 6.07) is 10.4. The molecule has 1 heterocycles. The molecule has 2 aromatic rings. The number of hydrogen-bond donors (Lipinski definition) is 1. The minimum absolute atomic E-state index is 0.261. The van der Waals surface area contributed by atoms with Crippen molar-refractivity contribution in [2.75, 3.05) is 5.75 Å². The number of amides is 1. The maximum Gasteiger partial charge on any atom is 0.271 e. The predicted octanol–water partition coefficient (Wildman–Crippen LogP) is 2.79. The van der Waals surface area contributed by atoms with Gasteiger partial charge in [-0.2, -0.15) is 5.10 Å². The molecule has 5 nitrogen and oxygen atoms in total. The number of rotatable bonds is 6. The van der Waals surface area contributed by atoms with Crippen LogP contribution in [0.4, 0.5) is 0 Å². The number of Topliss-reactive ketones (excluding diaryl/α,β-unsaturated/α-hetero) is 1. The summed E-state index contributed by atoms with van der Waals surface area (Å²) in [5.74, 6) is 0.333. The second kappa shape index (κ2) is 8.09. The molecule has 0 bridgehead atoms. The molecule has 1 aromatic carbocycles. The van der Waals surface area contributed by atoms with Gasteiger partial charge in [0.1, 0.15) is 0 Å². The molecule has 112 valence electrons. The van der Waals surface area contributed by atoms with E-state index in [1.165, 1.54) is 12.4 Å². The highest BCUT2D eigenvalue weighted by molar-refractivity contribution is 7.99. The van der Waals surface area contributed by atoms with Crippen LogP contribution >= 0.6 is 11.8 Å². The Bertz CT molecular complexity index is 670. The minimum atomic E-state index is -0.388. The molecule has 0 fully saturated rings. The summed E-state index contributed by atoms with van der Waals surface area (Å²) < 4.78 is 0. The standard InChI is InChI=1S/C16H15N3O2S/c1-2-22-14-5-3-12(4-6-14)15(20)11-18-19-16(21)13-7-9-17-10-8-13/h3-11H,2H2,1H3,(H,19,21)/b18-11+. The van der Waals surface area contributed by atoms with Crippen molar-refractivity contribution >= 4 is 29.7 Å². The number of carbonyl (C=O) groups is 2. The second-order valence-electron chi connectivity index (χ2n) is 4.26. The van der Waals surface area contributed by atoms with E-state index < -0.39 is 0 Å². The fourth-order valence-corrected chi connectivity index (χ4v) is 2.34. The fourth-order valence-electron chi connectivity index (χ4n) is 1.67. The van der Waals surface area contributed by atoms with E-state index in [2.05, 4.69) is 22.4 Å². The van der Waals surface area contributed by atoms with Gasteiger partial charge in [-0.15, -0.1) is 11.8 Å². The van der Waals surface area contributed by atoms with Crippen LogP contribution in [0.25, 0.3) is 0 Å². The Hall–Kier alpha value is -2.47. The molecule has 0 saturated heterocycles. The van der Waals surface area contributed by atoms with Crippen molar-refractivity contribution in [2.24, 2.45) is 5.10 Å². The van der Waals surface area contributed by atoms with Gasteiger partial charge in [-0.3, -0.25) is 14.6 Å². The second-order valence-corrected chi connectivity index (χ2v) is 5.59. The third-order valence-electron chi connectivity index (χ3n) is 2.74. The Morgan fingerprint density at radius 1 is 1.14 bits per heavy atom. The number of nitrogens with zero attached hydrogens (tertiary/aromatic N) is 2. The van der Waals surface area contributed by atoms with Gasteiger partial charge in [0.05, 0.1) is 6.21 Å². The van der Waals surface area contributed by atoms with Crippen LogP contribution in [0.3, 0.4) is 0 Å². The van der Waals surface area contributed by atoms with Gasteiger partial charge in [0, 0.05) is 28.4 Å². The number of pyridine rings is 1. The molecule has 22 heavy (non-hydrogen) atoms. The maximum atomic E-state index is 11.9. The van der Waals surface area contributed by atoms with E-state index in [1.54, 1.807) is 36.0 Å². The zero-order chi connectivity index (χ0) is 15.8. The molecule has 1 N–H and O–H groups in total. The van der Waals surface area contributed by atoms with Crippen LogP contribution in [0.2, 0.25) is 0 Å². The molecule has 0 spiro atoms. The van der Waals surface area contributed by atoms with Crippen LogP contribution in [-0.4, -0.2) is 28.6 Å². The van der Waals surface area contributed by atoms with Crippen molar-refractivity contribution in [1.29, 1.82) is 0 Å². The molecule has 0 aliphatic carbocycles. The van der Waals surface area contributed by atoms with Gasteiger partial charge in [0.25, 0.3) is 5.91 Å². The SMILES string of the molecule is CCSc1ccc(C(=O)/C=N/NC(=O)c2ccncc2)cc1. The van der Waals surface area contributed by atoms with Gasteiger partial charge < -0.3 is 0 Å². The summed E-state index contributed by atoms with van der Waals surface area (Å²) in [4.78, 5) is 28.6. The van der Waals surface area contributed by atoms with E-state index in [0.717, 1.165) is 16.9 Å². The van der Waals surface area contributed by atoms with Crippen molar-refractivity contribution < 1.29 is 9.59 Å². The molecule has 0 atom stereocenters. The van der Waals surface area contributed by atoms with Crippen LogP contribution in [0.15, 0.2) is 58.8 Å². The third kappa shape index (κ3) is 4.53. The molecule has 0 aliphatic rings. The lowest BCUT2D eigenvalue weighted by Crippen LogP contribution is -2.18. The van der Waals surface area contributed by atoms with E-state index in [9.17, 15) is 9.59 Å². The summed E-state index contributed by atoms with van der Waals surface area (Å²) in [5, 5.41) is 3.68. The van der Waals surface area contributed by atoms with E-state index in [4.69, 9.17) is 0 Å². The van der Waals surface area contributed by atoms with Crippen molar-refractivity contribution in [2.45, 2.75) is 11.8 Å². The third-order valence-corrected chi connectivity index (χ3v) is 3.63. The van der Waals surface area contributed by atoms with E-state index in [1.807, 2.05) is 12.1 Å². The van der Waals surface area contributed by atoms with Gasteiger partial charge in [-0.1, -0.05) is 6.92 Å². The first-order valence-electron chi connectivity index (χ1n) is 6.71. The summed E-state index contributed by atoms with van der Waals surface area (Å²) in [6.07, 6.45) is 4.13. The average molecular weight is 313 g/mol. The van der Waals surface area contributed by atoms with Crippen LogP contribution in [0.1, 0.15) is 27.6 Å². The number of ketones is 1. The summed E-state index contributed by atoms with van der Waals surface area (Å²) in [7, 11) is 0. The summed E-state index contributed by atoms with van der Waals surface area (Å²) >= 11 is 1.71. The molecule has 2 rings (SSSR count). The average Bonchev–Trinajstić information content (AvgIpc) is 2.56. The molecule has 0 saturated carbocycles. The molecule has 6 heteroatoms. The molecule has 0 radical (unpaired) electrons. The van der Waals surface area contributed by atoms with E-state index >= 15 is 0 Å². The van der Waals surface area contributed by atoms with Crippen molar-refractivity contribution in [1.82, 2.24) is 10.4 Å². The van der Waals surface area contributed by atoms with Crippen LogP contribution < -0.4 is 5.43 Å². The topological polar surface area (TPSA) is 71.4 Å². The van der Waals surface area contributed by atoms with Gasteiger partial charge in [0.15, 0.2) is 0 Å². The first kappa shape index (κ1) is 15.9. The lowest BCUT2D eigenvalue weighted by molar-refractivity contribution is 0.0955. The quantitative estimate of drug-likeness (QED) is 0.385. The lowest BCUT2D eigenvalue weighted by Gasteiger charge is -2.00. The number of aromatic nitrogens is 1. The van der Waals surface area contributed by atoms with Crippen LogP contribution in [0, 0.1) is 0 Å². The van der Waals surface area contributed by atoms with Crippen molar-refractivity contribution in [3.05, 3.63) is 59.9 Å².